The summed E-state index contributed by atoms with van der Waals surface area (Å²) in [7, 11) is 0. The monoisotopic (exact) mass is 411 g/mol. The van der Waals surface area contributed by atoms with Gasteiger partial charge in [0.2, 0.25) is 0 Å². The first-order valence-electron chi connectivity index (χ1n) is 8.69. The maximum Gasteiger partial charge on any atom is 0.408 e. The number of carbonyl (C=O) groups is 1. The van der Waals surface area contributed by atoms with Crippen molar-refractivity contribution in [3.05, 3.63) is 34.1 Å². The molecule has 28 heavy (non-hydrogen) atoms. The number of thiol groups is 1. The lowest BCUT2D eigenvalue weighted by Crippen LogP contribution is -2.46. The van der Waals surface area contributed by atoms with Crippen molar-refractivity contribution in [1.82, 2.24) is 19.9 Å². The van der Waals surface area contributed by atoms with E-state index in [-0.39, 0.29) is 16.9 Å². The van der Waals surface area contributed by atoms with Crippen molar-refractivity contribution in [3.63, 3.8) is 0 Å². The molecule has 0 unspecified atom stereocenters. The second-order valence-electron chi connectivity index (χ2n) is 6.99. The number of hydrogen-bond acceptors (Lipinski definition) is 5. The number of halogens is 3. The van der Waals surface area contributed by atoms with Crippen LogP contribution in [-0.4, -0.2) is 38.4 Å². The highest BCUT2D eigenvalue weighted by atomic mass is 32.1. The molecule has 2 aromatic rings. The van der Waals surface area contributed by atoms with E-state index in [2.05, 4.69) is 28.0 Å². The Bertz CT molecular complexity index is 987. The van der Waals surface area contributed by atoms with Gasteiger partial charge in [-0.3, -0.25) is 4.79 Å². The van der Waals surface area contributed by atoms with E-state index in [4.69, 9.17) is 5.41 Å². The van der Waals surface area contributed by atoms with E-state index >= 15 is 0 Å². The smallest absolute Gasteiger partial charge is 0.340 e. The minimum Gasteiger partial charge on any atom is -0.340 e. The van der Waals surface area contributed by atoms with Crippen molar-refractivity contribution in [1.29, 1.82) is 5.41 Å². The Morgan fingerprint density at radius 1 is 1.39 bits per heavy atom. The van der Waals surface area contributed by atoms with Gasteiger partial charge in [0.15, 0.2) is 5.65 Å². The molecule has 2 heterocycles. The third-order valence-corrected chi connectivity index (χ3v) is 4.84. The molecule has 150 valence electrons. The van der Waals surface area contributed by atoms with E-state index in [1.54, 1.807) is 26.8 Å². The molecule has 1 atom stereocenters. The fraction of sp³-hybridized carbons (Fsp3) is 0.444. The van der Waals surface area contributed by atoms with Gasteiger partial charge in [-0.2, -0.15) is 18.3 Å². The summed E-state index contributed by atoms with van der Waals surface area (Å²) in [6.45, 7) is 5.04. The van der Waals surface area contributed by atoms with E-state index in [0.717, 1.165) is 0 Å². The van der Waals surface area contributed by atoms with Gasteiger partial charge in [0.1, 0.15) is 11.6 Å². The van der Waals surface area contributed by atoms with Crippen LogP contribution < -0.4 is 5.32 Å². The zero-order valence-electron chi connectivity index (χ0n) is 15.6. The lowest BCUT2D eigenvalue weighted by molar-refractivity contribution is -0.158. The minimum atomic E-state index is -4.51. The molecule has 0 aromatic carbocycles. The molecule has 1 saturated carbocycles. The molecule has 3 rings (SSSR count). The average Bonchev–Trinajstić information content (AvgIpc) is 3.29. The summed E-state index contributed by atoms with van der Waals surface area (Å²) in [6, 6.07) is -0.185. The number of nitrogens with zero attached hydrogens (tertiary/aromatic N) is 3. The normalized spacial score (nSPS) is 16.7. The number of fused-ring (bicyclic) bond motifs is 1. The number of carbonyl (C=O) groups excluding carboxylic acids is 1. The van der Waals surface area contributed by atoms with E-state index < -0.39 is 24.0 Å². The second-order valence-corrected chi connectivity index (χ2v) is 7.66. The molecule has 0 aliphatic heterocycles. The lowest BCUT2D eigenvalue weighted by atomic mass is 10.1. The molecule has 0 radical (unpaired) electrons. The van der Waals surface area contributed by atoms with Gasteiger partial charge in [-0.05, 0) is 50.5 Å². The molecule has 6 nitrogen and oxygen atoms in total. The van der Waals surface area contributed by atoms with Gasteiger partial charge < -0.3 is 10.7 Å². The number of rotatable bonds is 5. The fourth-order valence-electron chi connectivity index (χ4n) is 3.17. The average molecular weight is 411 g/mol. The molecule has 10 heteroatoms. The van der Waals surface area contributed by atoms with E-state index in [9.17, 15) is 18.0 Å². The zero-order valence-corrected chi connectivity index (χ0v) is 16.4. The minimum absolute atomic E-state index is 0.0429. The van der Waals surface area contributed by atoms with E-state index in [1.807, 2.05) is 0 Å². The van der Waals surface area contributed by atoms with Crippen molar-refractivity contribution >= 4 is 35.5 Å². The number of allylic oxidation sites excluding steroid dienone is 2. The van der Waals surface area contributed by atoms with Crippen LogP contribution in [-0.2, 0) is 0 Å². The van der Waals surface area contributed by atoms with Crippen molar-refractivity contribution in [3.8, 4) is 0 Å². The van der Waals surface area contributed by atoms with Crippen LogP contribution in [0.5, 0.6) is 0 Å². The molecule has 1 aliphatic rings. The van der Waals surface area contributed by atoms with Crippen LogP contribution in [0.4, 0.5) is 13.2 Å². The highest BCUT2D eigenvalue weighted by Gasteiger charge is 2.49. The largest absolute Gasteiger partial charge is 0.408 e. The Morgan fingerprint density at radius 3 is 2.54 bits per heavy atom. The molecule has 2 aromatic heterocycles. The van der Waals surface area contributed by atoms with Crippen LogP contribution in [0.3, 0.4) is 0 Å². The summed E-state index contributed by atoms with van der Waals surface area (Å²) < 4.78 is 41.1. The van der Waals surface area contributed by atoms with Crippen molar-refractivity contribution in [2.24, 2.45) is 5.92 Å². The number of amides is 1. The number of aromatic nitrogens is 3. The topological polar surface area (TPSA) is 83.1 Å². The quantitative estimate of drug-likeness (QED) is 0.517. The van der Waals surface area contributed by atoms with Crippen LogP contribution in [0.1, 0.15) is 48.4 Å². The van der Waals surface area contributed by atoms with Gasteiger partial charge in [-0.1, -0.05) is 0 Å². The Labute approximate surface area is 165 Å². The molecule has 1 fully saturated rings. The molecule has 1 amide bonds. The maximum atomic E-state index is 13.2. The van der Waals surface area contributed by atoms with E-state index in [1.165, 1.54) is 10.7 Å². The Kier molecular flexibility index (Phi) is 5.26. The number of hydrogen-bond donors (Lipinski definition) is 3. The predicted octanol–water partition coefficient (Wildman–Crippen LogP) is 3.81. The highest BCUT2D eigenvalue weighted by Crippen LogP contribution is 2.40. The Balaban J connectivity index is 2.04. The number of nitrogens with one attached hydrogen (secondary N) is 2. The number of aryl methyl sites for hydroxylation is 1. The Hall–Kier alpha value is -2.36. The fourth-order valence-corrected chi connectivity index (χ4v) is 3.45. The third kappa shape index (κ3) is 3.91. The van der Waals surface area contributed by atoms with Crippen LogP contribution in [0, 0.1) is 18.3 Å². The summed E-state index contributed by atoms with van der Waals surface area (Å²) in [5, 5.41) is 14.1. The van der Waals surface area contributed by atoms with Gasteiger partial charge in [-0.15, -0.1) is 12.6 Å². The van der Waals surface area contributed by atoms with Crippen molar-refractivity contribution in [2.45, 2.75) is 45.8 Å². The summed E-state index contributed by atoms with van der Waals surface area (Å²) in [5.41, 5.74) is 1.86. The molecule has 2 N–H and O–H groups in total. The Morgan fingerprint density at radius 2 is 2.04 bits per heavy atom. The highest BCUT2D eigenvalue weighted by molar-refractivity contribution is 7.84. The summed E-state index contributed by atoms with van der Waals surface area (Å²) in [5.74, 6) is -1.45. The van der Waals surface area contributed by atoms with Gasteiger partial charge in [-0.25, -0.2) is 9.50 Å². The zero-order chi connectivity index (χ0) is 20.8. The van der Waals surface area contributed by atoms with Crippen molar-refractivity contribution < 1.29 is 18.0 Å². The molecule has 0 bridgehead atoms. The van der Waals surface area contributed by atoms with Gasteiger partial charge >= 0.3 is 6.18 Å². The van der Waals surface area contributed by atoms with Crippen LogP contribution in [0.15, 0.2) is 17.2 Å². The molecular formula is C18H20F3N5OS. The van der Waals surface area contributed by atoms with Crippen molar-refractivity contribution in [2.75, 3.05) is 0 Å². The SMILES string of the molecule is CC(=N)/C(=C(/C)S)c1cc(C)n2ncc(C(=O)N[C@@H](C3CC3)C(F)(F)F)c2n1. The van der Waals surface area contributed by atoms with Gasteiger partial charge in [0, 0.05) is 17.0 Å². The van der Waals surface area contributed by atoms with Crippen LogP contribution in [0.25, 0.3) is 11.2 Å². The molecule has 0 saturated heterocycles. The van der Waals surface area contributed by atoms with Gasteiger partial charge in [0.05, 0.1) is 11.9 Å². The standard InChI is InChI=1S/C18H20F3N5OS/c1-8-6-13(14(9(2)22)10(3)28)24-16-12(7-23-26(8)16)17(27)25-15(11-4-5-11)18(19,20)21/h6-7,11,15,22,28H,4-5H2,1-3H3,(H,25,27)/b14-10+,22-9?/t15-/m0/s1. The third-order valence-electron chi connectivity index (χ3n) is 4.62. The van der Waals surface area contributed by atoms with Crippen LogP contribution >= 0.6 is 12.6 Å². The lowest BCUT2D eigenvalue weighted by Gasteiger charge is -2.21. The summed E-state index contributed by atoms with van der Waals surface area (Å²) >= 11 is 4.30. The first-order chi connectivity index (χ1) is 13.0. The molecule has 0 spiro atoms. The maximum absolute atomic E-state index is 13.2. The van der Waals surface area contributed by atoms with Gasteiger partial charge in [0.25, 0.3) is 5.91 Å². The number of alkyl halides is 3. The predicted molar refractivity (Wildman–Crippen MR) is 103 cm³/mol. The van der Waals surface area contributed by atoms with Crippen LogP contribution in [0.2, 0.25) is 0 Å². The van der Waals surface area contributed by atoms with E-state index in [0.29, 0.717) is 34.7 Å². The summed E-state index contributed by atoms with van der Waals surface area (Å²) in [6.07, 6.45) is -2.42. The molecular weight excluding hydrogens is 391 g/mol. The summed E-state index contributed by atoms with van der Waals surface area (Å²) in [4.78, 5) is 17.6. The first kappa shape index (κ1) is 20.4. The second kappa shape index (κ2) is 7.23. The molecule has 1 aliphatic carbocycles. The first-order valence-corrected chi connectivity index (χ1v) is 9.14.